The summed E-state index contributed by atoms with van der Waals surface area (Å²) in [4.78, 5) is 6.64. The highest BCUT2D eigenvalue weighted by molar-refractivity contribution is 7.13. The summed E-state index contributed by atoms with van der Waals surface area (Å²) >= 11 is 8.89. The van der Waals surface area contributed by atoms with Crippen molar-refractivity contribution in [3.05, 3.63) is 21.8 Å². The third kappa shape index (κ3) is 3.12. The number of anilines is 2. The third-order valence-corrected chi connectivity index (χ3v) is 5.65. The van der Waals surface area contributed by atoms with Gasteiger partial charge < -0.3 is 10.2 Å². The van der Waals surface area contributed by atoms with E-state index in [1.54, 1.807) is 11.3 Å². The predicted octanol–water partition coefficient (Wildman–Crippen LogP) is 3.51. The minimum absolute atomic E-state index is 0.316. The Bertz CT molecular complexity index is 666. The largest absolute Gasteiger partial charge is 0.361 e. The Hall–Kier alpha value is -1.36. The summed E-state index contributed by atoms with van der Waals surface area (Å²) in [6.45, 7) is 3.80. The van der Waals surface area contributed by atoms with E-state index in [0.717, 1.165) is 41.8 Å². The molecule has 5 nitrogen and oxygen atoms in total. The van der Waals surface area contributed by atoms with Crippen molar-refractivity contribution in [3.8, 4) is 6.07 Å². The number of thiazole rings is 1. The molecular weight excluding hydrogens is 326 g/mol. The third-order valence-electron chi connectivity index (χ3n) is 3.47. The van der Waals surface area contributed by atoms with Crippen molar-refractivity contribution in [2.45, 2.75) is 25.8 Å². The number of halogens is 1. The van der Waals surface area contributed by atoms with E-state index >= 15 is 0 Å². The van der Waals surface area contributed by atoms with Crippen LogP contribution in [0, 0.1) is 18.3 Å². The molecule has 0 amide bonds. The minimum Gasteiger partial charge on any atom is -0.361 e. The Morgan fingerprint density at radius 3 is 2.86 bits per heavy atom. The van der Waals surface area contributed by atoms with Crippen LogP contribution in [0.2, 0.25) is 5.15 Å². The first-order valence-corrected chi connectivity index (χ1v) is 8.69. The fourth-order valence-electron chi connectivity index (χ4n) is 2.39. The van der Waals surface area contributed by atoms with E-state index in [1.165, 1.54) is 11.5 Å². The van der Waals surface area contributed by atoms with Gasteiger partial charge in [0, 0.05) is 24.5 Å². The molecule has 3 rings (SSSR count). The fourth-order valence-corrected chi connectivity index (χ4v) is 4.24. The van der Waals surface area contributed by atoms with Crippen LogP contribution in [-0.4, -0.2) is 28.5 Å². The number of nitrogens with one attached hydrogen (secondary N) is 1. The van der Waals surface area contributed by atoms with Gasteiger partial charge in [-0.2, -0.15) is 9.64 Å². The second kappa shape index (κ2) is 6.18. The number of aryl methyl sites for hydroxylation is 1. The number of hydrogen-bond acceptors (Lipinski definition) is 7. The van der Waals surface area contributed by atoms with Crippen LogP contribution < -0.4 is 10.2 Å². The first-order valence-electron chi connectivity index (χ1n) is 6.66. The van der Waals surface area contributed by atoms with E-state index in [1.807, 2.05) is 6.92 Å². The molecule has 2 aromatic heterocycles. The molecule has 1 N–H and O–H groups in total. The Balaban J connectivity index is 1.61. The SMILES string of the molecule is Cc1csc(NC2CCN(c3snc(Cl)c3C#N)CC2)n1. The van der Waals surface area contributed by atoms with Crippen molar-refractivity contribution in [1.82, 2.24) is 9.36 Å². The zero-order valence-electron chi connectivity index (χ0n) is 11.5. The van der Waals surface area contributed by atoms with Crippen LogP contribution in [-0.2, 0) is 0 Å². The van der Waals surface area contributed by atoms with Crippen LogP contribution in [0.3, 0.4) is 0 Å². The van der Waals surface area contributed by atoms with E-state index in [-0.39, 0.29) is 0 Å². The van der Waals surface area contributed by atoms with Crippen molar-refractivity contribution in [1.29, 1.82) is 5.26 Å². The second-order valence-corrected chi connectivity index (χ2v) is 6.93. The Kier molecular flexibility index (Phi) is 4.29. The van der Waals surface area contributed by atoms with E-state index < -0.39 is 0 Å². The highest BCUT2D eigenvalue weighted by Crippen LogP contribution is 2.33. The number of hydrogen-bond donors (Lipinski definition) is 1. The van der Waals surface area contributed by atoms with Crippen molar-refractivity contribution in [2.24, 2.45) is 0 Å². The highest BCUT2D eigenvalue weighted by Gasteiger charge is 2.24. The van der Waals surface area contributed by atoms with Gasteiger partial charge >= 0.3 is 0 Å². The normalized spacial score (nSPS) is 16.0. The van der Waals surface area contributed by atoms with Crippen LogP contribution in [0.4, 0.5) is 10.1 Å². The monoisotopic (exact) mass is 339 g/mol. The topological polar surface area (TPSA) is 64.8 Å². The zero-order chi connectivity index (χ0) is 14.8. The Morgan fingerprint density at radius 2 is 2.24 bits per heavy atom. The van der Waals surface area contributed by atoms with Crippen molar-refractivity contribution in [3.63, 3.8) is 0 Å². The van der Waals surface area contributed by atoms with Gasteiger partial charge in [-0.25, -0.2) is 4.98 Å². The van der Waals surface area contributed by atoms with Gasteiger partial charge in [-0.15, -0.1) is 11.3 Å². The summed E-state index contributed by atoms with van der Waals surface area (Å²) in [6, 6.07) is 2.58. The molecule has 8 heteroatoms. The van der Waals surface area contributed by atoms with Crippen molar-refractivity contribution in [2.75, 3.05) is 23.3 Å². The molecule has 0 aliphatic carbocycles. The van der Waals surface area contributed by atoms with Gasteiger partial charge in [0.2, 0.25) is 0 Å². The summed E-state index contributed by atoms with van der Waals surface area (Å²) < 4.78 is 4.07. The number of rotatable bonds is 3. The predicted molar refractivity (Wildman–Crippen MR) is 87.5 cm³/mol. The van der Waals surface area contributed by atoms with Crippen LogP contribution in [0.25, 0.3) is 0 Å². The summed E-state index contributed by atoms with van der Waals surface area (Å²) in [5.74, 6) is 0. The molecule has 2 aromatic rings. The molecule has 110 valence electrons. The average Bonchev–Trinajstić information content (AvgIpc) is 3.05. The van der Waals surface area contributed by atoms with Crippen LogP contribution >= 0.6 is 34.5 Å². The van der Waals surface area contributed by atoms with Gasteiger partial charge in [-0.05, 0) is 31.3 Å². The number of nitriles is 1. The van der Waals surface area contributed by atoms with Crippen LogP contribution in [0.1, 0.15) is 24.1 Å². The molecule has 1 aliphatic rings. The number of aromatic nitrogens is 2. The van der Waals surface area contributed by atoms with Gasteiger partial charge in [0.25, 0.3) is 0 Å². The molecule has 0 spiro atoms. The lowest BCUT2D eigenvalue weighted by molar-refractivity contribution is 0.528. The molecule has 0 radical (unpaired) electrons. The quantitative estimate of drug-likeness (QED) is 0.926. The second-order valence-electron chi connectivity index (χ2n) is 4.97. The summed E-state index contributed by atoms with van der Waals surface area (Å²) in [5.41, 5.74) is 1.56. The van der Waals surface area contributed by atoms with Gasteiger partial charge in [0.1, 0.15) is 16.6 Å². The van der Waals surface area contributed by atoms with Gasteiger partial charge in [-0.1, -0.05) is 11.6 Å². The van der Waals surface area contributed by atoms with E-state index in [0.29, 0.717) is 16.8 Å². The number of nitrogens with zero attached hydrogens (tertiary/aromatic N) is 4. The van der Waals surface area contributed by atoms with Gasteiger partial charge in [-0.3, -0.25) is 0 Å². The standard InChI is InChI=1S/C13H14ClN5S2/c1-8-7-20-13(16-8)17-9-2-4-19(5-3-9)12-10(6-15)11(14)18-21-12/h7,9H,2-5H2,1H3,(H,16,17). The highest BCUT2D eigenvalue weighted by atomic mass is 35.5. The summed E-state index contributed by atoms with van der Waals surface area (Å²) in [5, 5.41) is 16.9. The van der Waals surface area contributed by atoms with E-state index in [9.17, 15) is 0 Å². The van der Waals surface area contributed by atoms with Crippen LogP contribution in [0.15, 0.2) is 5.38 Å². The summed E-state index contributed by atoms with van der Waals surface area (Å²) in [7, 11) is 0. The molecular formula is C13H14ClN5S2. The molecule has 1 saturated heterocycles. The molecule has 3 heterocycles. The molecule has 1 aliphatic heterocycles. The molecule has 21 heavy (non-hydrogen) atoms. The van der Waals surface area contributed by atoms with E-state index in [2.05, 4.69) is 31.0 Å². The smallest absolute Gasteiger partial charge is 0.183 e. The summed E-state index contributed by atoms with van der Waals surface area (Å²) in [6.07, 6.45) is 2.03. The molecule has 0 bridgehead atoms. The first kappa shape index (κ1) is 14.6. The van der Waals surface area contributed by atoms with Gasteiger partial charge in [0.05, 0.1) is 5.69 Å². The lowest BCUT2D eigenvalue weighted by Crippen LogP contribution is -2.39. The zero-order valence-corrected chi connectivity index (χ0v) is 13.9. The van der Waals surface area contributed by atoms with Gasteiger partial charge in [0.15, 0.2) is 10.3 Å². The maximum atomic E-state index is 9.15. The lowest BCUT2D eigenvalue weighted by atomic mass is 10.1. The van der Waals surface area contributed by atoms with Crippen molar-refractivity contribution >= 4 is 44.6 Å². The first-order chi connectivity index (χ1) is 10.2. The van der Waals surface area contributed by atoms with E-state index in [4.69, 9.17) is 16.9 Å². The maximum absolute atomic E-state index is 9.15. The Morgan fingerprint density at radius 1 is 1.48 bits per heavy atom. The molecule has 0 saturated carbocycles. The molecule has 1 fully saturated rings. The average molecular weight is 340 g/mol. The van der Waals surface area contributed by atoms with Crippen molar-refractivity contribution < 1.29 is 0 Å². The Labute approximate surface area is 136 Å². The molecule has 0 atom stereocenters. The number of piperidine rings is 1. The molecule has 0 unspecified atom stereocenters. The minimum atomic E-state index is 0.316. The fraction of sp³-hybridized carbons (Fsp3) is 0.462. The maximum Gasteiger partial charge on any atom is 0.183 e. The molecule has 0 aromatic carbocycles. The lowest BCUT2D eigenvalue weighted by Gasteiger charge is -2.32. The van der Waals surface area contributed by atoms with Crippen LogP contribution in [0.5, 0.6) is 0 Å².